The number of benzene rings is 1. The lowest BCUT2D eigenvalue weighted by Crippen LogP contribution is -2.29. The topological polar surface area (TPSA) is 29.5 Å². The molecular weight excluding hydrogens is 166 g/mol. The Hall–Kier alpha value is -1.51. The standard InChI is InChI=1S/C10H9NO2/c12-10-11-8(6-13-10)5-7-3-1-2-4-9(7)11/h1-4,8H,5-6H2/t8-/m0/s1. The molecular formula is C10H9NO2. The van der Waals surface area contributed by atoms with E-state index >= 15 is 0 Å². The third kappa shape index (κ3) is 0.813. The smallest absolute Gasteiger partial charge is 0.414 e. The van der Waals surface area contributed by atoms with E-state index in [-0.39, 0.29) is 12.1 Å². The van der Waals surface area contributed by atoms with Gasteiger partial charge in [0.1, 0.15) is 6.61 Å². The molecule has 0 aliphatic carbocycles. The zero-order valence-electron chi connectivity index (χ0n) is 7.06. The Morgan fingerprint density at radius 1 is 1.38 bits per heavy atom. The van der Waals surface area contributed by atoms with Gasteiger partial charge in [0.05, 0.1) is 11.7 Å². The highest BCUT2D eigenvalue weighted by atomic mass is 16.6. The summed E-state index contributed by atoms with van der Waals surface area (Å²) in [6.07, 6.45) is 0.733. The number of rotatable bonds is 0. The van der Waals surface area contributed by atoms with E-state index in [1.807, 2.05) is 18.2 Å². The number of amides is 1. The summed E-state index contributed by atoms with van der Waals surface area (Å²) in [5.74, 6) is 0. The lowest BCUT2D eigenvalue weighted by molar-refractivity contribution is 0.178. The molecule has 1 fully saturated rings. The molecule has 3 heteroatoms. The minimum Gasteiger partial charge on any atom is -0.447 e. The molecule has 0 unspecified atom stereocenters. The molecule has 2 heterocycles. The Labute approximate surface area is 75.9 Å². The number of hydrogen-bond acceptors (Lipinski definition) is 2. The molecule has 2 aliphatic rings. The quantitative estimate of drug-likeness (QED) is 0.599. The largest absolute Gasteiger partial charge is 0.447 e. The molecule has 1 amide bonds. The highest BCUT2D eigenvalue weighted by Crippen LogP contribution is 2.35. The number of hydrogen-bond donors (Lipinski definition) is 0. The highest BCUT2D eigenvalue weighted by Gasteiger charge is 2.40. The minimum atomic E-state index is -0.199. The van der Waals surface area contributed by atoms with E-state index < -0.39 is 0 Å². The van der Waals surface area contributed by atoms with Crippen LogP contribution in [-0.4, -0.2) is 18.7 Å². The van der Waals surface area contributed by atoms with Crippen LogP contribution in [0.5, 0.6) is 0 Å². The second-order valence-electron chi connectivity index (χ2n) is 3.43. The van der Waals surface area contributed by atoms with Crippen molar-refractivity contribution in [2.24, 2.45) is 0 Å². The molecule has 0 bridgehead atoms. The van der Waals surface area contributed by atoms with Gasteiger partial charge in [-0.25, -0.2) is 4.79 Å². The summed E-state index contributed by atoms with van der Waals surface area (Å²) in [4.78, 5) is 13.1. The summed E-state index contributed by atoms with van der Waals surface area (Å²) in [7, 11) is 0. The molecule has 0 aromatic heterocycles. The predicted molar refractivity (Wildman–Crippen MR) is 47.8 cm³/mol. The van der Waals surface area contributed by atoms with Gasteiger partial charge in [-0.1, -0.05) is 18.2 Å². The van der Waals surface area contributed by atoms with Crippen molar-refractivity contribution in [1.29, 1.82) is 0 Å². The summed E-state index contributed by atoms with van der Waals surface area (Å²) >= 11 is 0. The van der Waals surface area contributed by atoms with Crippen LogP contribution in [0.4, 0.5) is 10.5 Å². The number of ether oxygens (including phenoxy) is 1. The normalized spacial score (nSPS) is 24.2. The SMILES string of the molecule is O=C1OC[C@@H]2Cc3ccccc3N12. The fourth-order valence-electron chi connectivity index (χ4n) is 2.08. The predicted octanol–water partition coefficient (Wildman–Crippen LogP) is 1.57. The Bertz CT molecular complexity index is 375. The van der Waals surface area contributed by atoms with Crippen molar-refractivity contribution in [3.8, 4) is 0 Å². The van der Waals surface area contributed by atoms with Crippen molar-refractivity contribution in [2.45, 2.75) is 12.5 Å². The Morgan fingerprint density at radius 2 is 2.23 bits per heavy atom. The fourth-order valence-corrected chi connectivity index (χ4v) is 2.08. The summed E-state index contributed by atoms with van der Waals surface area (Å²) in [6, 6.07) is 8.24. The molecule has 1 saturated heterocycles. The summed E-state index contributed by atoms with van der Waals surface area (Å²) in [5, 5.41) is 0. The molecule has 0 radical (unpaired) electrons. The molecule has 1 aromatic carbocycles. The number of carbonyl (C=O) groups is 1. The zero-order valence-corrected chi connectivity index (χ0v) is 7.06. The molecule has 1 aromatic rings. The average Bonchev–Trinajstić information content (AvgIpc) is 2.66. The van der Waals surface area contributed by atoms with Crippen LogP contribution in [-0.2, 0) is 11.2 Å². The number of cyclic esters (lactones) is 1. The Kier molecular flexibility index (Phi) is 1.20. The average molecular weight is 175 g/mol. The van der Waals surface area contributed by atoms with Crippen LogP contribution in [0.15, 0.2) is 24.3 Å². The number of fused-ring (bicyclic) bond motifs is 3. The fraction of sp³-hybridized carbons (Fsp3) is 0.300. The summed E-state index contributed by atoms with van der Waals surface area (Å²) in [5.41, 5.74) is 2.28. The molecule has 0 spiro atoms. The van der Waals surface area contributed by atoms with Gasteiger partial charge in [-0.05, 0) is 18.1 Å². The molecule has 2 aliphatic heterocycles. The first kappa shape index (κ1) is 6.95. The van der Waals surface area contributed by atoms with E-state index in [4.69, 9.17) is 4.74 Å². The van der Waals surface area contributed by atoms with Gasteiger partial charge in [0, 0.05) is 0 Å². The Balaban J connectivity index is 2.13. The Morgan fingerprint density at radius 3 is 3.15 bits per heavy atom. The van der Waals surface area contributed by atoms with Crippen LogP contribution in [0.2, 0.25) is 0 Å². The van der Waals surface area contributed by atoms with Crippen molar-refractivity contribution in [1.82, 2.24) is 0 Å². The highest BCUT2D eigenvalue weighted by molar-refractivity contribution is 5.93. The van der Waals surface area contributed by atoms with E-state index in [2.05, 4.69) is 6.07 Å². The molecule has 66 valence electrons. The lowest BCUT2D eigenvalue weighted by Gasteiger charge is -2.11. The minimum absolute atomic E-state index is 0.199. The molecule has 13 heavy (non-hydrogen) atoms. The van der Waals surface area contributed by atoms with Gasteiger partial charge >= 0.3 is 6.09 Å². The lowest BCUT2D eigenvalue weighted by atomic mass is 10.1. The van der Waals surface area contributed by atoms with Crippen LogP contribution in [0.25, 0.3) is 0 Å². The number of nitrogens with zero attached hydrogens (tertiary/aromatic N) is 1. The van der Waals surface area contributed by atoms with Crippen LogP contribution in [0.1, 0.15) is 5.56 Å². The van der Waals surface area contributed by atoms with Gasteiger partial charge in [0.25, 0.3) is 0 Å². The van der Waals surface area contributed by atoms with Gasteiger partial charge in [0.2, 0.25) is 0 Å². The van der Waals surface area contributed by atoms with E-state index in [0.29, 0.717) is 6.61 Å². The van der Waals surface area contributed by atoms with Crippen molar-refractivity contribution in [3.05, 3.63) is 29.8 Å². The monoisotopic (exact) mass is 175 g/mol. The molecule has 0 N–H and O–H groups in total. The van der Waals surface area contributed by atoms with Gasteiger partial charge in [-0.3, -0.25) is 4.90 Å². The van der Waals surface area contributed by atoms with Crippen molar-refractivity contribution < 1.29 is 9.53 Å². The zero-order chi connectivity index (χ0) is 8.84. The van der Waals surface area contributed by atoms with Crippen LogP contribution in [0, 0.1) is 0 Å². The van der Waals surface area contributed by atoms with Gasteiger partial charge in [-0.15, -0.1) is 0 Å². The first-order valence-electron chi connectivity index (χ1n) is 4.40. The van der Waals surface area contributed by atoms with Crippen molar-refractivity contribution in [2.75, 3.05) is 11.5 Å². The summed E-state index contributed by atoms with van der Waals surface area (Å²) < 4.78 is 4.96. The first-order chi connectivity index (χ1) is 6.36. The van der Waals surface area contributed by atoms with E-state index in [0.717, 1.165) is 12.1 Å². The third-order valence-electron chi connectivity index (χ3n) is 2.67. The van der Waals surface area contributed by atoms with E-state index in [1.165, 1.54) is 5.56 Å². The van der Waals surface area contributed by atoms with Crippen LogP contribution >= 0.6 is 0 Å². The van der Waals surface area contributed by atoms with Crippen molar-refractivity contribution >= 4 is 11.8 Å². The first-order valence-corrected chi connectivity index (χ1v) is 4.40. The third-order valence-corrected chi connectivity index (χ3v) is 2.67. The molecule has 3 rings (SSSR count). The van der Waals surface area contributed by atoms with E-state index in [1.54, 1.807) is 4.90 Å². The van der Waals surface area contributed by atoms with Gasteiger partial charge in [0.15, 0.2) is 0 Å². The maximum atomic E-state index is 11.3. The van der Waals surface area contributed by atoms with Gasteiger partial charge in [-0.2, -0.15) is 0 Å². The second-order valence-corrected chi connectivity index (χ2v) is 3.43. The second kappa shape index (κ2) is 2.25. The van der Waals surface area contributed by atoms with Crippen LogP contribution < -0.4 is 4.90 Å². The van der Waals surface area contributed by atoms with Gasteiger partial charge < -0.3 is 4.74 Å². The maximum absolute atomic E-state index is 11.3. The molecule has 1 atom stereocenters. The number of carbonyl (C=O) groups excluding carboxylic acids is 1. The number of anilines is 1. The summed E-state index contributed by atoms with van der Waals surface area (Å²) in [6.45, 7) is 0.535. The number of para-hydroxylation sites is 1. The van der Waals surface area contributed by atoms with Crippen molar-refractivity contribution in [3.63, 3.8) is 0 Å². The van der Waals surface area contributed by atoms with Crippen LogP contribution in [0.3, 0.4) is 0 Å². The molecule has 3 nitrogen and oxygen atoms in total. The molecule has 0 saturated carbocycles. The maximum Gasteiger partial charge on any atom is 0.414 e. The van der Waals surface area contributed by atoms with E-state index in [9.17, 15) is 4.79 Å².